The highest BCUT2D eigenvalue weighted by atomic mass is 16.3. The first-order valence-corrected chi connectivity index (χ1v) is 7.37. The second-order valence-electron chi connectivity index (χ2n) is 5.01. The first-order chi connectivity index (χ1) is 9.70. The van der Waals surface area contributed by atoms with E-state index in [9.17, 15) is 15.0 Å². The molecular weight excluding hydrogens is 252 g/mol. The van der Waals surface area contributed by atoms with Gasteiger partial charge in [0.2, 0.25) is 0 Å². The highest BCUT2D eigenvalue weighted by Gasteiger charge is 2.08. The van der Waals surface area contributed by atoms with E-state index in [4.69, 9.17) is 0 Å². The zero-order chi connectivity index (χ0) is 14.8. The molecule has 3 heteroatoms. The largest absolute Gasteiger partial charge is 0.507 e. The van der Waals surface area contributed by atoms with Gasteiger partial charge >= 0.3 is 0 Å². The van der Waals surface area contributed by atoms with Crippen LogP contribution in [0.3, 0.4) is 0 Å². The summed E-state index contributed by atoms with van der Waals surface area (Å²) in [7, 11) is 0. The van der Waals surface area contributed by atoms with Crippen LogP contribution in [0.1, 0.15) is 67.8 Å². The van der Waals surface area contributed by atoms with Crippen molar-refractivity contribution >= 4 is 12.4 Å². The van der Waals surface area contributed by atoms with Gasteiger partial charge in [0.1, 0.15) is 11.5 Å². The Morgan fingerprint density at radius 1 is 1.05 bits per heavy atom. The number of rotatable bonds is 9. The number of carbonyl (C=O) groups is 1. The zero-order valence-corrected chi connectivity index (χ0v) is 12.1. The van der Waals surface area contributed by atoms with Crippen molar-refractivity contribution in [3.05, 3.63) is 29.3 Å². The molecule has 1 aromatic rings. The van der Waals surface area contributed by atoms with E-state index in [2.05, 4.69) is 6.92 Å². The minimum Gasteiger partial charge on any atom is -0.507 e. The summed E-state index contributed by atoms with van der Waals surface area (Å²) in [5.41, 5.74) is 0.516. The van der Waals surface area contributed by atoms with E-state index in [-0.39, 0.29) is 17.1 Å². The maximum atomic E-state index is 10.7. The van der Waals surface area contributed by atoms with Gasteiger partial charge in [-0.25, -0.2) is 0 Å². The van der Waals surface area contributed by atoms with Crippen molar-refractivity contribution in [2.75, 3.05) is 0 Å². The van der Waals surface area contributed by atoms with Gasteiger partial charge in [-0.15, -0.1) is 0 Å². The topological polar surface area (TPSA) is 57.5 Å². The number of unbranched alkanes of at least 4 members (excludes halogenated alkanes) is 6. The number of phenolic OH excluding ortho intramolecular Hbond substituents is 2. The minimum atomic E-state index is -0.154. The Kier molecular flexibility index (Phi) is 7.48. The number of hydrogen-bond donors (Lipinski definition) is 2. The smallest absolute Gasteiger partial charge is 0.153 e. The third kappa shape index (κ3) is 5.08. The number of aromatic hydroxyl groups is 2. The molecule has 0 bridgehead atoms. The van der Waals surface area contributed by atoms with Gasteiger partial charge < -0.3 is 10.2 Å². The molecule has 0 aliphatic rings. The Morgan fingerprint density at radius 2 is 1.75 bits per heavy atom. The van der Waals surface area contributed by atoms with E-state index in [1.807, 2.05) is 6.08 Å². The van der Waals surface area contributed by atoms with Crippen LogP contribution in [0, 0.1) is 0 Å². The zero-order valence-electron chi connectivity index (χ0n) is 12.1. The van der Waals surface area contributed by atoms with Gasteiger partial charge in [0.25, 0.3) is 0 Å². The standard InChI is InChI=1S/C17H24O3/c1-2-3-4-5-6-7-8-9-10-15-16(19)12-11-14(13-18)17(15)20/h9-13,19-20H,2-8H2,1H3. The number of phenols is 2. The van der Waals surface area contributed by atoms with E-state index < -0.39 is 0 Å². The average Bonchev–Trinajstić information content (AvgIpc) is 2.45. The van der Waals surface area contributed by atoms with Crippen molar-refractivity contribution in [2.45, 2.75) is 51.9 Å². The van der Waals surface area contributed by atoms with Crippen LogP contribution >= 0.6 is 0 Å². The summed E-state index contributed by atoms with van der Waals surface area (Å²) in [6, 6.07) is 2.83. The van der Waals surface area contributed by atoms with Gasteiger partial charge in [-0.3, -0.25) is 4.79 Å². The maximum Gasteiger partial charge on any atom is 0.153 e. The molecule has 0 amide bonds. The normalized spacial score (nSPS) is 11.1. The molecule has 0 saturated carbocycles. The van der Waals surface area contributed by atoms with Crippen LogP contribution in [-0.2, 0) is 0 Å². The average molecular weight is 276 g/mol. The van der Waals surface area contributed by atoms with E-state index in [1.54, 1.807) is 6.08 Å². The number of benzene rings is 1. The van der Waals surface area contributed by atoms with Crippen molar-refractivity contribution in [1.82, 2.24) is 0 Å². The summed E-state index contributed by atoms with van der Waals surface area (Å²) in [4.78, 5) is 10.7. The molecule has 0 aromatic heterocycles. The fraction of sp³-hybridized carbons (Fsp3) is 0.471. The number of aldehydes is 1. The summed E-state index contributed by atoms with van der Waals surface area (Å²) in [6.07, 6.45) is 12.5. The van der Waals surface area contributed by atoms with Crippen molar-refractivity contribution in [3.63, 3.8) is 0 Å². The van der Waals surface area contributed by atoms with Crippen LogP contribution in [0.25, 0.3) is 6.08 Å². The molecule has 20 heavy (non-hydrogen) atoms. The molecule has 1 rings (SSSR count). The maximum absolute atomic E-state index is 10.7. The molecule has 0 heterocycles. The Morgan fingerprint density at radius 3 is 2.45 bits per heavy atom. The first kappa shape index (κ1) is 16.3. The van der Waals surface area contributed by atoms with Crippen molar-refractivity contribution in [3.8, 4) is 11.5 Å². The lowest BCUT2D eigenvalue weighted by atomic mass is 10.1. The van der Waals surface area contributed by atoms with E-state index in [1.165, 1.54) is 44.2 Å². The highest BCUT2D eigenvalue weighted by Crippen LogP contribution is 2.31. The summed E-state index contributed by atoms with van der Waals surface area (Å²) in [6.45, 7) is 2.20. The molecule has 3 nitrogen and oxygen atoms in total. The molecule has 0 aliphatic heterocycles. The molecule has 0 aliphatic carbocycles. The second-order valence-corrected chi connectivity index (χ2v) is 5.01. The van der Waals surface area contributed by atoms with Gasteiger partial charge in [-0.1, -0.05) is 51.2 Å². The SMILES string of the molecule is CCCCCCCCC=Cc1c(O)ccc(C=O)c1O. The van der Waals surface area contributed by atoms with Crippen molar-refractivity contribution in [1.29, 1.82) is 0 Å². The van der Waals surface area contributed by atoms with Crippen LogP contribution in [0.4, 0.5) is 0 Å². The number of allylic oxidation sites excluding steroid dienone is 1. The molecular formula is C17H24O3. The Labute approximate surface area is 121 Å². The molecule has 0 radical (unpaired) electrons. The molecule has 0 saturated heterocycles. The third-order valence-corrected chi connectivity index (χ3v) is 3.36. The predicted octanol–water partition coefficient (Wildman–Crippen LogP) is 4.67. The van der Waals surface area contributed by atoms with Crippen LogP contribution in [0.2, 0.25) is 0 Å². The van der Waals surface area contributed by atoms with Gasteiger partial charge in [-0.05, 0) is 25.0 Å². The molecule has 0 atom stereocenters. The molecule has 2 N–H and O–H groups in total. The summed E-state index contributed by atoms with van der Waals surface area (Å²) in [5, 5.41) is 19.5. The Hall–Kier alpha value is -1.77. The van der Waals surface area contributed by atoms with Gasteiger partial charge in [-0.2, -0.15) is 0 Å². The fourth-order valence-electron chi connectivity index (χ4n) is 2.12. The van der Waals surface area contributed by atoms with Crippen molar-refractivity contribution in [2.24, 2.45) is 0 Å². The van der Waals surface area contributed by atoms with Gasteiger partial charge in [0.15, 0.2) is 6.29 Å². The van der Waals surface area contributed by atoms with Gasteiger partial charge in [0, 0.05) is 0 Å². The van der Waals surface area contributed by atoms with Crippen LogP contribution in [-0.4, -0.2) is 16.5 Å². The lowest BCUT2D eigenvalue weighted by Gasteiger charge is -2.04. The Balaban J connectivity index is 2.44. The van der Waals surface area contributed by atoms with E-state index in [0.717, 1.165) is 12.8 Å². The van der Waals surface area contributed by atoms with Crippen LogP contribution < -0.4 is 0 Å². The second kappa shape index (κ2) is 9.18. The van der Waals surface area contributed by atoms with Crippen molar-refractivity contribution < 1.29 is 15.0 Å². The van der Waals surface area contributed by atoms with E-state index >= 15 is 0 Å². The van der Waals surface area contributed by atoms with E-state index in [0.29, 0.717) is 11.8 Å². The summed E-state index contributed by atoms with van der Waals surface area (Å²) >= 11 is 0. The monoisotopic (exact) mass is 276 g/mol. The fourth-order valence-corrected chi connectivity index (χ4v) is 2.12. The van der Waals surface area contributed by atoms with Crippen LogP contribution in [0.5, 0.6) is 11.5 Å². The molecule has 1 aromatic carbocycles. The van der Waals surface area contributed by atoms with Gasteiger partial charge in [0.05, 0.1) is 11.1 Å². The molecule has 0 unspecified atom stereocenters. The minimum absolute atomic E-state index is 0.00713. The summed E-state index contributed by atoms with van der Waals surface area (Å²) < 4.78 is 0. The predicted molar refractivity (Wildman–Crippen MR) is 82.2 cm³/mol. The molecule has 0 fully saturated rings. The first-order valence-electron chi connectivity index (χ1n) is 7.37. The lowest BCUT2D eigenvalue weighted by molar-refractivity contribution is 0.112. The quantitative estimate of drug-likeness (QED) is 0.509. The Bertz CT molecular complexity index is 450. The molecule has 0 spiro atoms. The van der Waals surface area contributed by atoms with Crippen LogP contribution in [0.15, 0.2) is 18.2 Å². The lowest BCUT2D eigenvalue weighted by Crippen LogP contribution is -1.85. The molecule has 110 valence electrons. The third-order valence-electron chi connectivity index (χ3n) is 3.36. The number of hydrogen-bond acceptors (Lipinski definition) is 3. The highest BCUT2D eigenvalue weighted by molar-refractivity contribution is 5.83. The summed E-state index contributed by atoms with van der Waals surface area (Å²) in [5.74, 6) is -0.161. The number of carbonyl (C=O) groups excluding carboxylic acids is 1.